The number of rotatable bonds is 4. The summed E-state index contributed by atoms with van der Waals surface area (Å²) in [7, 11) is 0. The molecule has 3 aromatic rings. The van der Waals surface area contributed by atoms with Crippen molar-refractivity contribution in [2.75, 3.05) is 0 Å². The molecule has 0 heterocycles. The third-order valence-corrected chi connectivity index (χ3v) is 4.50. The highest BCUT2D eigenvalue weighted by Gasteiger charge is 2.10. The predicted octanol–water partition coefficient (Wildman–Crippen LogP) is 6.28. The zero-order chi connectivity index (χ0) is 19.2. The molecule has 0 unspecified atom stereocenters. The van der Waals surface area contributed by atoms with Crippen LogP contribution in [-0.4, -0.2) is 5.97 Å². The summed E-state index contributed by atoms with van der Waals surface area (Å²) < 4.78 is 5.34. The number of ether oxygens (including phenoxy) is 1. The van der Waals surface area contributed by atoms with Crippen LogP contribution in [0.5, 0.6) is 5.75 Å². The van der Waals surface area contributed by atoms with Crippen LogP contribution >= 0.6 is 23.2 Å². The topological polar surface area (TPSA) is 50.1 Å². The Bertz CT molecular complexity index is 1040. The van der Waals surface area contributed by atoms with E-state index in [4.69, 9.17) is 27.9 Å². The van der Waals surface area contributed by atoms with Crippen LogP contribution in [0.1, 0.15) is 21.5 Å². The number of carbonyl (C=O) groups excluding carboxylic acids is 1. The molecule has 0 bridgehead atoms. The molecule has 132 valence electrons. The molecule has 3 aromatic carbocycles. The lowest BCUT2D eigenvalue weighted by Crippen LogP contribution is -2.08. The third kappa shape index (κ3) is 4.77. The maximum absolute atomic E-state index is 12.2. The fourth-order valence-corrected chi connectivity index (χ4v) is 2.68. The standard InChI is InChI=1S/C22H13Cl2NO2/c23-20-11-8-17(13-21(20)24)22(26)27-19-9-6-15(7-10-19)12-18(14-25)16-4-2-1-3-5-16/h1-13H/b18-12-. The van der Waals surface area contributed by atoms with Gasteiger partial charge in [-0.05, 0) is 47.5 Å². The van der Waals surface area contributed by atoms with E-state index >= 15 is 0 Å². The highest BCUT2D eigenvalue weighted by Crippen LogP contribution is 2.24. The van der Waals surface area contributed by atoms with Crippen molar-refractivity contribution in [3.05, 3.63) is 99.5 Å². The molecule has 0 radical (unpaired) electrons. The minimum Gasteiger partial charge on any atom is -0.423 e. The van der Waals surface area contributed by atoms with Crippen LogP contribution in [0.3, 0.4) is 0 Å². The number of allylic oxidation sites excluding steroid dienone is 1. The van der Waals surface area contributed by atoms with Gasteiger partial charge in [-0.3, -0.25) is 0 Å². The zero-order valence-electron chi connectivity index (χ0n) is 14.0. The first-order valence-electron chi connectivity index (χ1n) is 8.01. The van der Waals surface area contributed by atoms with Gasteiger partial charge in [0, 0.05) is 0 Å². The summed E-state index contributed by atoms with van der Waals surface area (Å²) in [6, 6.07) is 23.1. The monoisotopic (exact) mass is 393 g/mol. The predicted molar refractivity (Wildman–Crippen MR) is 108 cm³/mol. The van der Waals surface area contributed by atoms with Crippen molar-refractivity contribution in [3.8, 4) is 11.8 Å². The lowest BCUT2D eigenvalue weighted by Gasteiger charge is -2.06. The Labute approximate surface area is 167 Å². The zero-order valence-corrected chi connectivity index (χ0v) is 15.5. The molecular weight excluding hydrogens is 381 g/mol. The van der Waals surface area contributed by atoms with Gasteiger partial charge in [0.1, 0.15) is 5.75 Å². The van der Waals surface area contributed by atoms with E-state index in [1.807, 2.05) is 30.3 Å². The van der Waals surface area contributed by atoms with Gasteiger partial charge >= 0.3 is 5.97 Å². The Balaban J connectivity index is 1.75. The summed E-state index contributed by atoms with van der Waals surface area (Å²) >= 11 is 11.8. The Morgan fingerprint density at radius 1 is 0.889 bits per heavy atom. The Hall–Kier alpha value is -3.06. The maximum atomic E-state index is 12.2. The van der Waals surface area contributed by atoms with Crippen molar-refractivity contribution in [1.82, 2.24) is 0 Å². The van der Waals surface area contributed by atoms with Gasteiger partial charge in [0.05, 0.1) is 27.3 Å². The first kappa shape index (κ1) is 18.7. The molecule has 0 saturated carbocycles. The maximum Gasteiger partial charge on any atom is 0.343 e. The van der Waals surface area contributed by atoms with Gasteiger partial charge in [-0.2, -0.15) is 5.26 Å². The molecule has 0 saturated heterocycles. The summed E-state index contributed by atoms with van der Waals surface area (Å²) in [5, 5.41) is 10.0. The quantitative estimate of drug-likeness (QED) is 0.227. The lowest BCUT2D eigenvalue weighted by molar-refractivity contribution is 0.0735. The molecule has 0 aliphatic carbocycles. The fourth-order valence-electron chi connectivity index (χ4n) is 2.39. The first-order valence-corrected chi connectivity index (χ1v) is 8.77. The number of carbonyl (C=O) groups is 1. The molecule has 5 heteroatoms. The van der Waals surface area contributed by atoms with E-state index < -0.39 is 5.97 Å². The van der Waals surface area contributed by atoms with Crippen LogP contribution in [0.25, 0.3) is 11.6 Å². The largest absolute Gasteiger partial charge is 0.423 e. The van der Waals surface area contributed by atoms with Crippen molar-refractivity contribution in [3.63, 3.8) is 0 Å². The van der Waals surface area contributed by atoms with Gasteiger partial charge in [-0.15, -0.1) is 0 Å². The minimum atomic E-state index is -0.529. The lowest BCUT2D eigenvalue weighted by atomic mass is 10.0. The number of nitriles is 1. The summed E-state index contributed by atoms with van der Waals surface area (Å²) in [6.45, 7) is 0. The molecule has 0 aromatic heterocycles. The average Bonchev–Trinajstić information content (AvgIpc) is 2.70. The summed E-state index contributed by atoms with van der Waals surface area (Å²) in [6.07, 6.45) is 1.78. The molecule has 0 spiro atoms. The number of esters is 1. The second-order valence-corrected chi connectivity index (χ2v) is 6.44. The number of benzene rings is 3. The van der Waals surface area contributed by atoms with Crippen LogP contribution in [0, 0.1) is 11.3 Å². The van der Waals surface area contributed by atoms with Crippen LogP contribution in [-0.2, 0) is 0 Å². The molecule has 0 atom stereocenters. The van der Waals surface area contributed by atoms with Gasteiger partial charge in [0.15, 0.2) is 0 Å². The minimum absolute atomic E-state index is 0.288. The molecular formula is C22H13Cl2NO2. The van der Waals surface area contributed by atoms with E-state index in [0.717, 1.165) is 11.1 Å². The second kappa shape index (κ2) is 8.55. The summed E-state index contributed by atoms with van der Waals surface area (Å²) in [5.41, 5.74) is 2.53. The summed E-state index contributed by atoms with van der Waals surface area (Å²) in [4.78, 5) is 12.2. The number of halogens is 2. The Morgan fingerprint density at radius 2 is 1.59 bits per heavy atom. The van der Waals surface area contributed by atoms with Crippen LogP contribution in [0.15, 0.2) is 72.8 Å². The Kier molecular flexibility index (Phi) is 5.93. The van der Waals surface area contributed by atoms with Gasteiger partial charge in [0.25, 0.3) is 0 Å². The number of nitrogens with zero attached hydrogens (tertiary/aromatic N) is 1. The third-order valence-electron chi connectivity index (χ3n) is 3.76. The van der Waals surface area contributed by atoms with E-state index in [1.54, 1.807) is 42.5 Å². The average molecular weight is 394 g/mol. The van der Waals surface area contributed by atoms with E-state index in [9.17, 15) is 10.1 Å². The molecule has 0 aliphatic rings. The SMILES string of the molecule is N#C/C(=C/c1ccc(OC(=O)c2ccc(Cl)c(Cl)c2)cc1)c1ccccc1. The van der Waals surface area contributed by atoms with Crippen LogP contribution in [0.2, 0.25) is 10.0 Å². The van der Waals surface area contributed by atoms with Crippen molar-refractivity contribution >= 4 is 40.8 Å². The summed E-state index contributed by atoms with van der Waals surface area (Å²) in [5.74, 6) is -0.139. The van der Waals surface area contributed by atoms with Crippen molar-refractivity contribution in [2.45, 2.75) is 0 Å². The van der Waals surface area contributed by atoms with Crippen LogP contribution < -0.4 is 4.74 Å². The second-order valence-electron chi connectivity index (χ2n) is 5.62. The van der Waals surface area contributed by atoms with E-state index in [1.165, 1.54) is 6.07 Å². The van der Waals surface area contributed by atoms with Crippen molar-refractivity contribution in [1.29, 1.82) is 5.26 Å². The molecule has 27 heavy (non-hydrogen) atoms. The van der Waals surface area contributed by atoms with Gasteiger partial charge in [-0.1, -0.05) is 65.7 Å². The molecule has 0 aliphatic heterocycles. The highest BCUT2D eigenvalue weighted by atomic mass is 35.5. The van der Waals surface area contributed by atoms with Gasteiger partial charge < -0.3 is 4.74 Å². The molecule has 3 nitrogen and oxygen atoms in total. The Morgan fingerprint density at radius 3 is 2.22 bits per heavy atom. The molecule has 0 N–H and O–H groups in total. The molecule has 0 amide bonds. The molecule has 0 fully saturated rings. The fraction of sp³-hybridized carbons (Fsp3) is 0. The van der Waals surface area contributed by atoms with Crippen molar-refractivity contribution in [2.24, 2.45) is 0 Å². The van der Waals surface area contributed by atoms with Crippen LogP contribution in [0.4, 0.5) is 0 Å². The van der Waals surface area contributed by atoms with E-state index in [2.05, 4.69) is 6.07 Å². The van der Waals surface area contributed by atoms with E-state index in [0.29, 0.717) is 21.9 Å². The van der Waals surface area contributed by atoms with Gasteiger partial charge in [0.2, 0.25) is 0 Å². The highest BCUT2D eigenvalue weighted by molar-refractivity contribution is 6.42. The first-order chi connectivity index (χ1) is 13.1. The molecule has 3 rings (SSSR count). The smallest absolute Gasteiger partial charge is 0.343 e. The number of hydrogen-bond donors (Lipinski definition) is 0. The van der Waals surface area contributed by atoms with E-state index in [-0.39, 0.29) is 5.02 Å². The van der Waals surface area contributed by atoms with Gasteiger partial charge in [-0.25, -0.2) is 4.79 Å². The number of hydrogen-bond acceptors (Lipinski definition) is 3. The normalized spacial score (nSPS) is 10.9. The van der Waals surface area contributed by atoms with Crippen molar-refractivity contribution < 1.29 is 9.53 Å².